The van der Waals surface area contributed by atoms with Gasteiger partial charge in [-0.05, 0) is 19.4 Å². The molecule has 2 fully saturated rings. The Morgan fingerprint density at radius 3 is 2.85 bits per heavy atom. The number of sulfone groups is 1. The van der Waals surface area contributed by atoms with Gasteiger partial charge >= 0.3 is 0 Å². The maximum Gasteiger partial charge on any atom is 0.228 e. The molecule has 2 heterocycles. The molecule has 148 valence electrons. The minimum Gasteiger partial charge on any atom is -0.354 e. The first-order valence-electron chi connectivity index (χ1n) is 9.32. The Hall–Kier alpha value is -1.93. The molecule has 7 nitrogen and oxygen atoms in total. The van der Waals surface area contributed by atoms with Crippen molar-refractivity contribution in [3.05, 3.63) is 35.4 Å². The third-order valence-electron chi connectivity index (χ3n) is 5.29. The summed E-state index contributed by atoms with van der Waals surface area (Å²) in [6.07, 6.45) is 0.243. The van der Waals surface area contributed by atoms with Crippen LogP contribution in [0.15, 0.2) is 24.3 Å². The zero-order valence-electron chi connectivity index (χ0n) is 15.8. The quantitative estimate of drug-likeness (QED) is 0.764. The second-order valence-corrected chi connectivity index (χ2v) is 9.75. The summed E-state index contributed by atoms with van der Waals surface area (Å²) in [4.78, 5) is 26.5. The SMILES string of the molecule is Cc1cccc(CN[C@@H]2CS(=O)(=O)C[C@H]2C(=O)N2CCNC(=O)CC2C)c1. The number of carbonyl (C=O) groups excluding carboxylic acids is 2. The van der Waals surface area contributed by atoms with Crippen LogP contribution in [0.1, 0.15) is 24.5 Å². The summed E-state index contributed by atoms with van der Waals surface area (Å²) in [7, 11) is -3.27. The van der Waals surface area contributed by atoms with Crippen LogP contribution in [0.2, 0.25) is 0 Å². The van der Waals surface area contributed by atoms with Gasteiger partial charge in [-0.25, -0.2) is 8.42 Å². The van der Waals surface area contributed by atoms with E-state index in [1.54, 1.807) is 4.90 Å². The predicted molar refractivity (Wildman–Crippen MR) is 103 cm³/mol. The molecule has 2 amide bonds. The summed E-state index contributed by atoms with van der Waals surface area (Å²) in [5.74, 6) is -1.04. The van der Waals surface area contributed by atoms with Crippen molar-refractivity contribution >= 4 is 21.7 Å². The maximum atomic E-state index is 13.1. The van der Waals surface area contributed by atoms with Gasteiger partial charge in [0.25, 0.3) is 0 Å². The first kappa shape index (κ1) is 19.8. The van der Waals surface area contributed by atoms with E-state index in [2.05, 4.69) is 10.6 Å². The monoisotopic (exact) mass is 393 g/mol. The Morgan fingerprint density at radius 1 is 1.33 bits per heavy atom. The van der Waals surface area contributed by atoms with Crippen molar-refractivity contribution in [1.29, 1.82) is 0 Å². The largest absolute Gasteiger partial charge is 0.354 e. The van der Waals surface area contributed by atoms with Gasteiger partial charge in [0.2, 0.25) is 11.8 Å². The van der Waals surface area contributed by atoms with Crippen LogP contribution < -0.4 is 10.6 Å². The average Bonchev–Trinajstić information content (AvgIpc) is 2.80. The van der Waals surface area contributed by atoms with Gasteiger partial charge in [-0.2, -0.15) is 0 Å². The minimum absolute atomic E-state index is 0.0331. The summed E-state index contributed by atoms with van der Waals surface area (Å²) in [6.45, 7) is 5.16. The van der Waals surface area contributed by atoms with E-state index in [1.807, 2.05) is 38.1 Å². The molecular weight excluding hydrogens is 366 g/mol. The zero-order chi connectivity index (χ0) is 19.6. The van der Waals surface area contributed by atoms with Crippen LogP contribution in [-0.2, 0) is 26.0 Å². The van der Waals surface area contributed by atoms with Crippen LogP contribution in [0.5, 0.6) is 0 Å². The topological polar surface area (TPSA) is 95.6 Å². The van der Waals surface area contributed by atoms with Crippen LogP contribution in [0.25, 0.3) is 0 Å². The van der Waals surface area contributed by atoms with Gasteiger partial charge in [0.05, 0.1) is 17.4 Å². The van der Waals surface area contributed by atoms with E-state index < -0.39 is 21.8 Å². The van der Waals surface area contributed by atoms with Crippen molar-refractivity contribution in [3.63, 3.8) is 0 Å². The number of hydrogen-bond acceptors (Lipinski definition) is 5. The van der Waals surface area contributed by atoms with Crippen LogP contribution in [0, 0.1) is 12.8 Å². The van der Waals surface area contributed by atoms with Gasteiger partial charge in [0.15, 0.2) is 9.84 Å². The molecule has 27 heavy (non-hydrogen) atoms. The highest BCUT2D eigenvalue weighted by atomic mass is 32.2. The van der Waals surface area contributed by atoms with Gasteiger partial charge < -0.3 is 15.5 Å². The molecule has 2 aliphatic rings. The Labute approximate surface area is 160 Å². The molecule has 1 aromatic rings. The van der Waals surface area contributed by atoms with E-state index in [0.717, 1.165) is 11.1 Å². The molecule has 0 radical (unpaired) electrons. The third-order valence-corrected chi connectivity index (χ3v) is 7.03. The van der Waals surface area contributed by atoms with Gasteiger partial charge in [0.1, 0.15) is 0 Å². The van der Waals surface area contributed by atoms with Gasteiger partial charge in [0, 0.05) is 38.1 Å². The molecule has 3 atom stereocenters. The van der Waals surface area contributed by atoms with Gasteiger partial charge in [-0.1, -0.05) is 29.8 Å². The summed E-state index contributed by atoms with van der Waals surface area (Å²) >= 11 is 0. The number of benzene rings is 1. The predicted octanol–water partition coefficient (Wildman–Crippen LogP) is 0.235. The highest BCUT2D eigenvalue weighted by molar-refractivity contribution is 7.91. The van der Waals surface area contributed by atoms with Crippen LogP contribution in [0.3, 0.4) is 0 Å². The minimum atomic E-state index is -3.27. The highest BCUT2D eigenvalue weighted by Crippen LogP contribution is 2.24. The number of rotatable bonds is 4. The Balaban J connectivity index is 1.73. The summed E-state index contributed by atoms with van der Waals surface area (Å²) in [5.41, 5.74) is 2.19. The van der Waals surface area contributed by atoms with Crippen molar-refractivity contribution in [1.82, 2.24) is 15.5 Å². The lowest BCUT2D eigenvalue weighted by Crippen LogP contribution is -2.49. The maximum absolute atomic E-state index is 13.1. The molecule has 2 saturated heterocycles. The number of hydrogen-bond donors (Lipinski definition) is 2. The van der Waals surface area contributed by atoms with E-state index >= 15 is 0 Å². The molecule has 0 spiro atoms. The van der Waals surface area contributed by atoms with E-state index in [0.29, 0.717) is 19.6 Å². The number of nitrogens with zero attached hydrogens (tertiary/aromatic N) is 1. The van der Waals surface area contributed by atoms with Gasteiger partial charge in [-0.3, -0.25) is 9.59 Å². The smallest absolute Gasteiger partial charge is 0.228 e. The Morgan fingerprint density at radius 2 is 2.11 bits per heavy atom. The summed E-state index contributed by atoms with van der Waals surface area (Å²) in [5, 5.41) is 6.04. The second-order valence-electron chi connectivity index (χ2n) is 7.59. The third kappa shape index (κ3) is 4.87. The van der Waals surface area contributed by atoms with Crippen molar-refractivity contribution in [2.75, 3.05) is 24.6 Å². The van der Waals surface area contributed by atoms with Crippen molar-refractivity contribution in [2.45, 2.75) is 38.9 Å². The van der Waals surface area contributed by atoms with Crippen molar-refractivity contribution in [2.24, 2.45) is 5.92 Å². The fraction of sp³-hybridized carbons (Fsp3) is 0.579. The van der Waals surface area contributed by atoms with E-state index in [9.17, 15) is 18.0 Å². The fourth-order valence-electron chi connectivity index (χ4n) is 3.89. The molecule has 0 saturated carbocycles. The summed E-state index contributed by atoms with van der Waals surface area (Å²) in [6, 6.07) is 7.34. The summed E-state index contributed by atoms with van der Waals surface area (Å²) < 4.78 is 24.5. The normalized spacial score (nSPS) is 27.9. The van der Waals surface area contributed by atoms with Crippen molar-refractivity contribution < 1.29 is 18.0 Å². The molecule has 0 aliphatic carbocycles. The molecule has 8 heteroatoms. The second kappa shape index (κ2) is 7.98. The lowest BCUT2D eigenvalue weighted by atomic mass is 10.00. The van der Waals surface area contributed by atoms with Crippen molar-refractivity contribution in [3.8, 4) is 0 Å². The van der Waals surface area contributed by atoms with Crippen LogP contribution in [-0.4, -0.2) is 61.8 Å². The van der Waals surface area contributed by atoms with Gasteiger partial charge in [-0.15, -0.1) is 0 Å². The van der Waals surface area contributed by atoms with Crippen LogP contribution in [0.4, 0.5) is 0 Å². The Bertz CT molecular complexity index is 824. The average molecular weight is 394 g/mol. The lowest BCUT2D eigenvalue weighted by Gasteiger charge is -2.30. The number of nitrogens with one attached hydrogen (secondary N) is 2. The number of amides is 2. The number of aryl methyl sites for hydroxylation is 1. The fourth-order valence-corrected chi connectivity index (χ4v) is 5.85. The first-order valence-corrected chi connectivity index (χ1v) is 11.1. The molecular formula is C19H27N3O4S. The molecule has 2 aliphatic heterocycles. The molecule has 0 aromatic heterocycles. The zero-order valence-corrected chi connectivity index (χ0v) is 16.6. The molecule has 1 aromatic carbocycles. The molecule has 0 bridgehead atoms. The van der Waals surface area contributed by atoms with E-state index in [-0.39, 0.29) is 35.8 Å². The van der Waals surface area contributed by atoms with E-state index in [1.165, 1.54) is 0 Å². The first-order chi connectivity index (χ1) is 12.7. The lowest BCUT2D eigenvalue weighted by molar-refractivity contribution is -0.137. The molecule has 1 unspecified atom stereocenters. The Kier molecular flexibility index (Phi) is 5.86. The molecule has 2 N–H and O–H groups in total. The van der Waals surface area contributed by atoms with E-state index in [4.69, 9.17) is 0 Å². The van der Waals surface area contributed by atoms with Crippen LogP contribution >= 0.6 is 0 Å². The number of carbonyl (C=O) groups is 2. The highest BCUT2D eigenvalue weighted by Gasteiger charge is 2.44. The standard InChI is InChI=1S/C19H27N3O4S/c1-13-4-3-5-15(8-13)10-21-17-12-27(25,26)11-16(17)19(24)22-7-6-20-18(23)9-14(22)2/h3-5,8,14,16-17,21H,6-7,9-12H2,1-2H3,(H,20,23)/t14?,16-,17-/m1/s1. The molecule has 3 rings (SSSR count).